The molecule has 0 saturated carbocycles. The Morgan fingerprint density at radius 2 is 1.24 bits per heavy atom. The number of hydrogen-bond donors (Lipinski definition) is 1. The highest BCUT2D eigenvalue weighted by atomic mass is 16.5. The highest BCUT2D eigenvalue weighted by Gasteiger charge is 2.28. The molecule has 0 unspecified atom stereocenters. The first kappa shape index (κ1) is 27.8. The molecule has 0 fully saturated rings. The lowest BCUT2D eigenvalue weighted by Crippen LogP contribution is -2.28. The summed E-state index contributed by atoms with van der Waals surface area (Å²) in [6.45, 7) is 0. The molecule has 198 valence electrons. The molecule has 0 amide bonds. The standard InChI is InChI=1S/C29H28O9/c1-34-23-13-19(14-24(17-23)35-2)16-25(27(30)31)20-7-11-22(12-8-20)38-21-9-5-18(6-10-21)15-26(28(32)36-3)29(33)37-4/h5-14,16-17,26H,15H2,1-4H3,(H,30,31)/b25-16+. The normalized spacial score (nSPS) is 11.0. The number of aliphatic carboxylic acids is 1. The zero-order chi connectivity index (χ0) is 27.7. The van der Waals surface area contributed by atoms with Crippen molar-refractivity contribution in [3.8, 4) is 23.0 Å². The van der Waals surface area contributed by atoms with Crippen molar-refractivity contribution in [3.63, 3.8) is 0 Å². The van der Waals surface area contributed by atoms with Crippen LogP contribution >= 0.6 is 0 Å². The van der Waals surface area contributed by atoms with E-state index < -0.39 is 23.8 Å². The lowest BCUT2D eigenvalue weighted by molar-refractivity contribution is -0.158. The summed E-state index contributed by atoms with van der Waals surface area (Å²) in [7, 11) is 5.47. The van der Waals surface area contributed by atoms with Crippen LogP contribution in [-0.2, 0) is 30.3 Å². The summed E-state index contributed by atoms with van der Waals surface area (Å²) in [5.41, 5.74) is 1.90. The number of carboxylic acid groups (broad SMARTS) is 1. The van der Waals surface area contributed by atoms with Crippen LogP contribution in [0, 0.1) is 5.92 Å². The van der Waals surface area contributed by atoms with E-state index in [1.165, 1.54) is 34.5 Å². The van der Waals surface area contributed by atoms with E-state index in [9.17, 15) is 19.5 Å². The maximum Gasteiger partial charge on any atom is 0.336 e. The van der Waals surface area contributed by atoms with Crippen molar-refractivity contribution in [2.45, 2.75) is 6.42 Å². The summed E-state index contributed by atoms with van der Waals surface area (Å²) in [5, 5.41) is 9.81. The summed E-state index contributed by atoms with van der Waals surface area (Å²) in [6.07, 6.45) is 1.66. The topological polar surface area (TPSA) is 118 Å². The monoisotopic (exact) mass is 520 g/mol. The number of esters is 2. The highest BCUT2D eigenvalue weighted by molar-refractivity contribution is 6.20. The van der Waals surface area contributed by atoms with Crippen molar-refractivity contribution < 1.29 is 43.2 Å². The number of hydrogen-bond acceptors (Lipinski definition) is 8. The SMILES string of the molecule is COC(=O)C(Cc1ccc(Oc2ccc(/C(=C\c3cc(OC)cc(OC)c3)C(=O)O)cc2)cc1)C(=O)OC. The van der Waals surface area contributed by atoms with Crippen molar-refractivity contribution in [2.24, 2.45) is 5.92 Å². The van der Waals surface area contributed by atoms with Gasteiger partial charge in [-0.2, -0.15) is 0 Å². The number of carbonyl (C=O) groups excluding carboxylic acids is 2. The molecule has 1 N–H and O–H groups in total. The van der Waals surface area contributed by atoms with Gasteiger partial charge < -0.3 is 28.8 Å². The van der Waals surface area contributed by atoms with Crippen LogP contribution in [-0.4, -0.2) is 51.5 Å². The number of methoxy groups -OCH3 is 4. The first-order chi connectivity index (χ1) is 18.3. The largest absolute Gasteiger partial charge is 0.497 e. The Kier molecular flexibility index (Phi) is 9.48. The third-order valence-corrected chi connectivity index (χ3v) is 5.65. The van der Waals surface area contributed by atoms with E-state index in [2.05, 4.69) is 9.47 Å². The Bertz CT molecular complexity index is 1270. The van der Waals surface area contributed by atoms with Gasteiger partial charge in [0, 0.05) is 6.07 Å². The first-order valence-corrected chi connectivity index (χ1v) is 11.5. The van der Waals surface area contributed by atoms with Gasteiger partial charge in [0.2, 0.25) is 0 Å². The lowest BCUT2D eigenvalue weighted by atomic mass is 9.99. The van der Waals surface area contributed by atoms with E-state index in [4.69, 9.17) is 14.2 Å². The van der Waals surface area contributed by atoms with Crippen molar-refractivity contribution >= 4 is 29.6 Å². The molecule has 3 aromatic rings. The Hall–Kier alpha value is -4.79. The van der Waals surface area contributed by atoms with Crippen LogP contribution in [0.25, 0.3) is 11.6 Å². The highest BCUT2D eigenvalue weighted by Crippen LogP contribution is 2.28. The molecule has 0 aromatic heterocycles. The summed E-state index contributed by atoms with van der Waals surface area (Å²) < 4.78 is 25.8. The van der Waals surface area contributed by atoms with E-state index in [0.717, 1.165) is 5.56 Å². The molecule has 0 bridgehead atoms. The van der Waals surface area contributed by atoms with Crippen LogP contribution in [0.2, 0.25) is 0 Å². The zero-order valence-electron chi connectivity index (χ0n) is 21.4. The van der Waals surface area contributed by atoms with Crippen molar-refractivity contribution in [1.29, 1.82) is 0 Å². The number of carbonyl (C=O) groups is 3. The summed E-state index contributed by atoms with van der Waals surface area (Å²) in [6, 6.07) is 18.6. The fraction of sp³-hybridized carbons (Fsp3) is 0.207. The molecular weight excluding hydrogens is 492 g/mol. The van der Waals surface area contributed by atoms with Crippen molar-refractivity contribution in [1.82, 2.24) is 0 Å². The maximum absolute atomic E-state index is 12.0. The zero-order valence-corrected chi connectivity index (χ0v) is 21.4. The minimum Gasteiger partial charge on any atom is -0.497 e. The Morgan fingerprint density at radius 1 is 0.737 bits per heavy atom. The third kappa shape index (κ3) is 7.13. The predicted molar refractivity (Wildman–Crippen MR) is 139 cm³/mol. The molecule has 0 aliphatic rings. The van der Waals surface area contributed by atoms with Crippen LogP contribution in [0.15, 0.2) is 66.7 Å². The van der Waals surface area contributed by atoms with Crippen LogP contribution in [0.5, 0.6) is 23.0 Å². The van der Waals surface area contributed by atoms with Gasteiger partial charge in [-0.3, -0.25) is 9.59 Å². The second kappa shape index (κ2) is 13.0. The van der Waals surface area contributed by atoms with Crippen LogP contribution in [0.1, 0.15) is 16.7 Å². The van der Waals surface area contributed by atoms with Gasteiger partial charge in [-0.15, -0.1) is 0 Å². The molecule has 9 heteroatoms. The molecule has 9 nitrogen and oxygen atoms in total. The van der Waals surface area contributed by atoms with E-state index in [1.807, 2.05) is 0 Å². The number of rotatable bonds is 11. The van der Waals surface area contributed by atoms with Crippen molar-refractivity contribution in [2.75, 3.05) is 28.4 Å². The molecule has 0 aliphatic heterocycles. The third-order valence-electron chi connectivity index (χ3n) is 5.65. The Morgan fingerprint density at radius 3 is 1.68 bits per heavy atom. The lowest BCUT2D eigenvalue weighted by Gasteiger charge is -2.13. The van der Waals surface area contributed by atoms with Crippen LogP contribution in [0.4, 0.5) is 0 Å². The van der Waals surface area contributed by atoms with Gasteiger partial charge in [-0.1, -0.05) is 24.3 Å². The van der Waals surface area contributed by atoms with Gasteiger partial charge in [0.25, 0.3) is 0 Å². The Labute approximate surface area is 220 Å². The molecule has 0 aliphatic carbocycles. The molecule has 3 aromatic carbocycles. The second-order valence-corrected chi connectivity index (χ2v) is 8.08. The Balaban J connectivity index is 1.75. The average molecular weight is 521 g/mol. The second-order valence-electron chi connectivity index (χ2n) is 8.08. The van der Waals surface area contributed by atoms with Gasteiger partial charge in [0.15, 0.2) is 5.92 Å². The van der Waals surface area contributed by atoms with E-state index in [-0.39, 0.29) is 12.0 Å². The fourth-order valence-electron chi connectivity index (χ4n) is 3.66. The minimum absolute atomic E-state index is 0.0852. The molecule has 0 radical (unpaired) electrons. The smallest absolute Gasteiger partial charge is 0.336 e. The quantitative estimate of drug-likeness (QED) is 0.167. The fourth-order valence-corrected chi connectivity index (χ4v) is 3.66. The molecule has 0 saturated heterocycles. The maximum atomic E-state index is 12.0. The summed E-state index contributed by atoms with van der Waals surface area (Å²) in [4.78, 5) is 35.8. The van der Waals surface area contributed by atoms with E-state index in [1.54, 1.807) is 66.7 Å². The van der Waals surface area contributed by atoms with Gasteiger partial charge >= 0.3 is 17.9 Å². The van der Waals surface area contributed by atoms with Crippen LogP contribution < -0.4 is 14.2 Å². The molecule has 0 heterocycles. The number of carboxylic acids is 1. The average Bonchev–Trinajstić information content (AvgIpc) is 2.94. The van der Waals surface area contributed by atoms with Gasteiger partial charge in [-0.25, -0.2) is 4.79 Å². The first-order valence-electron chi connectivity index (χ1n) is 11.5. The van der Waals surface area contributed by atoms with Gasteiger partial charge in [-0.05, 0) is 65.6 Å². The molecule has 3 rings (SSSR count). The molecule has 0 atom stereocenters. The van der Waals surface area contributed by atoms with Crippen LogP contribution in [0.3, 0.4) is 0 Å². The summed E-state index contributed by atoms with van der Waals surface area (Å²) in [5.74, 6) is -1.38. The predicted octanol–water partition coefficient (Wildman–Crippen LogP) is 4.63. The van der Waals surface area contributed by atoms with Gasteiger partial charge in [0.1, 0.15) is 23.0 Å². The number of benzene rings is 3. The number of ether oxygens (including phenoxy) is 5. The molecular formula is C29H28O9. The van der Waals surface area contributed by atoms with Crippen molar-refractivity contribution in [3.05, 3.63) is 83.4 Å². The summed E-state index contributed by atoms with van der Waals surface area (Å²) >= 11 is 0. The molecule has 38 heavy (non-hydrogen) atoms. The minimum atomic E-state index is -1.09. The van der Waals surface area contributed by atoms with Gasteiger partial charge in [0.05, 0.1) is 34.0 Å². The van der Waals surface area contributed by atoms with E-state index in [0.29, 0.717) is 34.1 Å². The molecule has 0 spiro atoms. The van der Waals surface area contributed by atoms with E-state index >= 15 is 0 Å².